The van der Waals surface area contributed by atoms with E-state index < -0.39 is 5.97 Å². The van der Waals surface area contributed by atoms with E-state index in [9.17, 15) is 15.0 Å². The number of hydrogen-bond donors (Lipinski definition) is 2. The number of aliphatic imine (C=N–C) groups is 1. The second kappa shape index (κ2) is 8.67. The molecule has 0 aromatic heterocycles. The second-order valence-corrected chi connectivity index (χ2v) is 6.79. The molecule has 0 saturated carbocycles. The highest BCUT2D eigenvalue weighted by Crippen LogP contribution is 2.40. The monoisotopic (exact) mass is 397 g/mol. The first-order valence-electron chi connectivity index (χ1n) is 8.54. The van der Waals surface area contributed by atoms with Crippen molar-refractivity contribution in [3.8, 4) is 11.5 Å². The molecule has 0 saturated heterocycles. The number of aliphatic hydroxyl groups is 1. The zero-order valence-electron chi connectivity index (χ0n) is 15.4. The Kier molecular flexibility index (Phi) is 6.06. The summed E-state index contributed by atoms with van der Waals surface area (Å²) >= 11 is 1.17. The minimum absolute atomic E-state index is 0.0198. The molecule has 3 rings (SSSR count). The van der Waals surface area contributed by atoms with Crippen molar-refractivity contribution < 1.29 is 24.5 Å². The van der Waals surface area contributed by atoms with Gasteiger partial charge in [-0.15, -0.1) is 0 Å². The van der Waals surface area contributed by atoms with Crippen LogP contribution in [-0.2, 0) is 9.53 Å². The van der Waals surface area contributed by atoms with Gasteiger partial charge in [-0.25, -0.2) is 9.79 Å². The lowest BCUT2D eigenvalue weighted by Gasteiger charge is -2.04. The van der Waals surface area contributed by atoms with Crippen molar-refractivity contribution in [1.29, 1.82) is 0 Å². The lowest BCUT2D eigenvalue weighted by atomic mass is 10.1. The Balaban J connectivity index is 1.96. The molecule has 2 aromatic carbocycles. The van der Waals surface area contributed by atoms with E-state index in [1.807, 2.05) is 6.92 Å². The van der Waals surface area contributed by atoms with E-state index in [1.165, 1.54) is 18.9 Å². The van der Waals surface area contributed by atoms with Gasteiger partial charge in [-0.2, -0.15) is 0 Å². The van der Waals surface area contributed by atoms with Gasteiger partial charge in [0.2, 0.25) is 0 Å². The largest absolute Gasteiger partial charge is 0.508 e. The predicted molar refractivity (Wildman–Crippen MR) is 110 cm³/mol. The molecule has 7 heteroatoms. The first-order chi connectivity index (χ1) is 13.5. The molecule has 0 bridgehead atoms. The number of carbonyl (C=O) groups excluding carboxylic acids is 1. The SMILES string of the molecule is CCOc1ccc(N=C2S/C(=C/c3ccc(O)cc3)C(O)=C2C(=O)OC)cc1. The van der Waals surface area contributed by atoms with Gasteiger partial charge in [0.05, 0.1) is 24.3 Å². The van der Waals surface area contributed by atoms with Gasteiger partial charge in [0.15, 0.2) is 0 Å². The highest BCUT2D eigenvalue weighted by Gasteiger charge is 2.32. The predicted octanol–water partition coefficient (Wildman–Crippen LogP) is 4.59. The Labute approximate surface area is 166 Å². The van der Waals surface area contributed by atoms with Crippen LogP contribution in [0.25, 0.3) is 6.08 Å². The van der Waals surface area contributed by atoms with Gasteiger partial charge in [-0.1, -0.05) is 23.9 Å². The number of rotatable bonds is 5. The molecule has 6 nitrogen and oxygen atoms in total. The third kappa shape index (κ3) is 4.37. The molecular formula is C21H19NO5S. The van der Waals surface area contributed by atoms with Gasteiger partial charge >= 0.3 is 5.97 Å². The summed E-state index contributed by atoms with van der Waals surface area (Å²) in [5.41, 5.74) is 1.40. The van der Waals surface area contributed by atoms with Crippen molar-refractivity contribution in [3.63, 3.8) is 0 Å². The fraction of sp³-hybridized carbons (Fsp3) is 0.143. The molecule has 0 radical (unpaired) electrons. The van der Waals surface area contributed by atoms with Crippen molar-refractivity contribution in [2.75, 3.05) is 13.7 Å². The summed E-state index contributed by atoms with van der Waals surface area (Å²) < 4.78 is 10.2. The number of ether oxygens (including phenoxy) is 2. The summed E-state index contributed by atoms with van der Waals surface area (Å²) in [7, 11) is 1.25. The van der Waals surface area contributed by atoms with Crippen molar-refractivity contribution in [1.82, 2.24) is 0 Å². The molecule has 144 valence electrons. The van der Waals surface area contributed by atoms with Crippen LogP contribution in [0.1, 0.15) is 12.5 Å². The Morgan fingerprint density at radius 2 is 1.79 bits per heavy atom. The van der Waals surface area contributed by atoms with Gasteiger partial charge in [0.1, 0.15) is 27.9 Å². The maximum absolute atomic E-state index is 12.2. The number of nitrogens with zero attached hydrogens (tertiary/aromatic N) is 1. The topological polar surface area (TPSA) is 88.4 Å². The van der Waals surface area contributed by atoms with Crippen LogP contribution in [0.15, 0.2) is 69.8 Å². The van der Waals surface area contributed by atoms with E-state index in [-0.39, 0.29) is 17.1 Å². The van der Waals surface area contributed by atoms with E-state index in [0.29, 0.717) is 22.2 Å². The first-order valence-corrected chi connectivity index (χ1v) is 9.36. The summed E-state index contributed by atoms with van der Waals surface area (Å²) in [6.45, 7) is 2.47. The Bertz CT molecular complexity index is 959. The Morgan fingerprint density at radius 3 is 2.39 bits per heavy atom. The smallest absolute Gasteiger partial charge is 0.344 e. The second-order valence-electron chi connectivity index (χ2n) is 5.76. The highest BCUT2D eigenvalue weighted by molar-refractivity contribution is 8.18. The van der Waals surface area contributed by atoms with Gasteiger partial charge in [0, 0.05) is 0 Å². The van der Waals surface area contributed by atoms with E-state index in [1.54, 1.807) is 54.6 Å². The maximum Gasteiger partial charge on any atom is 0.344 e. The molecule has 0 atom stereocenters. The van der Waals surface area contributed by atoms with Crippen LogP contribution in [0.3, 0.4) is 0 Å². The number of carbonyl (C=O) groups is 1. The normalized spacial score (nSPS) is 16.6. The molecule has 0 amide bonds. The van der Waals surface area contributed by atoms with E-state index in [4.69, 9.17) is 9.47 Å². The number of aromatic hydroxyl groups is 1. The zero-order chi connectivity index (χ0) is 20.1. The van der Waals surface area contributed by atoms with Gasteiger partial charge in [-0.05, 0) is 55.0 Å². The molecular weight excluding hydrogens is 378 g/mol. The van der Waals surface area contributed by atoms with Crippen LogP contribution < -0.4 is 4.74 Å². The van der Waals surface area contributed by atoms with Crippen molar-refractivity contribution in [2.24, 2.45) is 4.99 Å². The summed E-state index contributed by atoms with van der Waals surface area (Å²) in [5.74, 6) is 0.0254. The zero-order valence-corrected chi connectivity index (χ0v) is 16.2. The van der Waals surface area contributed by atoms with Crippen LogP contribution in [0.2, 0.25) is 0 Å². The van der Waals surface area contributed by atoms with E-state index >= 15 is 0 Å². The van der Waals surface area contributed by atoms with Gasteiger partial charge < -0.3 is 19.7 Å². The van der Waals surface area contributed by atoms with Crippen LogP contribution >= 0.6 is 11.8 Å². The summed E-state index contributed by atoms with van der Waals surface area (Å²) in [6, 6.07) is 13.6. The number of methoxy groups -OCH3 is 1. The van der Waals surface area contributed by atoms with Crippen LogP contribution in [-0.4, -0.2) is 34.9 Å². The Morgan fingerprint density at radius 1 is 1.11 bits per heavy atom. The molecule has 0 fully saturated rings. The van der Waals surface area contributed by atoms with E-state index in [0.717, 1.165) is 11.3 Å². The van der Waals surface area contributed by atoms with Gasteiger partial charge in [0.25, 0.3) is 0 Å². The van der Waals surface area contributed by atoms with Crippen molar-refractivity contribution in [3.05, 3.63) is 70.3 Å². The number of esters is 1. The summed E-state index contributed by atoms with van der Waals surface area (Å²) in [4.78, 5) is 17.2. The molecule has 2 aromatic rings. The standard InChI is InChI=1S/C21H19NO5S/c1-3-27-16-10-6-14(7-11-16)22-20-18(21(25)26-2)19(24)17(28-20)12-13-4-8-15(23)9-5-13/h4-12,23-24H,3H2,1-2H3/b17-12+,22-20?. The Hall–Kier alpha value is -3.19. The molecule has 0 spiro atoms. The highest BCUT2D eigenvalue weighted by atomic mass is 32.2. The number of phenols is 1. The number of phenolic OH excluding ortho intramolecular Hbond substituents is 1. The number of hydrogen-bond acceptors (Lipinski definition) is 7. The fourth-order valence-corrected chi connectivity index (χ4v) is 3.55. The van der Waals surface area contributed by atoms with E-state index in [2.05, 4.69) is 4.99 Å². The fourth-order valence-electron chi connectivity index (χ4n) is 2.51. The van der Waals surface area contributed by atoms with Crippen LogP contribution in [0, 0.1) is 0 Å². The third-order valence-corrected chi connectivity index (χ3v) is 4.87. The molecule has 1 aliphatic heterocycles. The quantitative estimate of drug-likeness (QED) is 0.717. The lowest BCUT2D eigenvalue weighted by Crippen LogP contribution is -2.10. The van der Waals surface area contributed by atoms with Gasteiger partial charge in [-0.3, -0.25) is 0 Å². The maximum atomic E-state index is 12.2. The molecule has 0 aliphatic carbocycles. The third-order valence-electron chi connectivity index (χ3n) is 3.85. The average Bonchev–Trinajstić information content (AvgIpc) is 2.99. The molecule has 1 aliphatic rings. The number of aliphatic hydroxyl groups excluding tert-OH is 1. The van der Waals surface area contributed by atoms with Crippen LogP contribution in [0.4, 0.5) is 5.69 Å². The summed E-state index contributed by atoms with van der Waals surface area (Å²) in [5, 5.41) is 20.3. The average molecular weight is 397 g/mol. The van der Waals surface area contributed by atoms with Crippen LogP contribution in [0.5, 0.6) is 11.5 Å². The molecule has 28 heavy (non-hydrogen) atoms. The first kappa shape index (κ1) is 19.6. The number of thioether (sulfide) groups is 1. The molecule has 1 heterocycles. The number of benzene rings is 2. The minimum Gasteiger partial charge on any atom is -0.508 e. The van der Waals surface area contributed by atoms with Crippen molar-refractivity contribution >= 4 is 34.5 Å². The summed E-state index contributed by atoms with van der Waals surface area (Å²) in [6.07, 6.45) is 1.71. The lowest BCUT2D eigenvalue weighted by molar-refractivity contribution is -0.135. The van der Waals surface area contributed by atoms with Crippen molar-refractivity contribution in [2.45, 2.75) is 6.92 Å². The molecule has 0 unspecified atom stereocenters. The molecule has 2 N–H and O–H groups in total. The minimum atomic E-state index is -0.663.